The van der Waals surface area contributed by atoms with Gasteiger partial charge in [0.05, 0.1) is 10.8 Å². The van der Waals surface area contributed by atoms with E-state index in [1.165, 1.54) is 64.7 Å². The number of thioether (sulfide) groups is 2. The Labute approximate surface area is 327 Å². The molecule has 3 aromatic rings. The average molecular weight is 797 g/mol. The molecule has 0 spiro atoms. The fourth-order valence-corrected chi connectivity index (χ4v) is 10.1. The van der Waals surface area contributed by atoms with Crippen LogP contribution in [0.25, 0.3) is 5.57 Å². The van der Waals surface area contributed by atoms with E-state index in [2.05, 4.69) is 10.6 Å². The molecule has 2 aliphatic heterocycles. The SMILES string of the molecule is CO[C@]1(SC)CCN([C@H](c2ccc(C(=O)N3C[C@@H](C(=O)NC4=C(c5ccccc5)C4)[C@](S)(C(=O)N[C@@]4(SC)C[C@@H]4c4ccccc4)C3)cc2)C(F)(F)F)C1. The van der Waals surface area contributed by atoms with Gasteiger partial charge >= 0.3 is 6.18 Å². The summed E-state index contributed by atoms with van der Waals surface area (Å²) in [5.41, 5.74) is 4.01. The highest BCUT2D eigenvalue weighted by Gasteiger charge is 2.61. The van der Waals surface area contributed by atoms with Crippen LogP contribution in [0.5, 0.6) is 0 Å². The van der Waals surface area contributed by atoms with Crippen molar-refractivity contribution in [3.8, 4) is 0 Å². The lowest BCUT2D eigenvalue weighted by atomic mass is 9.92. The number of thiol groups is 1. The van der Waals surface area contributed by atoms with E-state index in [4.69, 9.17) is 17.4 Å². The number of hydrogen-bond donors (Lipinski definition) is 3. The number of likely N-dealkylation sites (tertiary alicyclic amines) is 2. The van der Waals surface area contributed by atoms with E-state index in [-0.39, 0.29) is 43.2 Å². The van der Waals surface area contributed by atoms with Crippen LogP contribution in [0.1, 0.15) is 58.3 Å². The van der Waals surface area contributed by atoms with Crippen molar-refractivity contribution in [3.63, 3.8) is 0 Å². The van der Waals surface area contributed by atoms with Crippen LogP contribution >= 0.6 is 36.2 Å². The van der Waals surface area contributed by atoms with Crippen LogP contribution < -0.4 is 10.6 Å². The topological polar surface area (TPSA) is 91.0 Å². The molecule has 2 aliphatic carbocycles. The zero-order chi connectivity index (χ0) is 38.5. The molecule has 0 unspecified atom stereocenters. The molecule has 3 fully saturated rings. The molecule has 4 aliphatic rings. The number of hydrogen-bond acceptors (Lipinski definition) is 8. The summed E-state index contributed by atoms with van der Waals surface area (Å²) in [4.78, 5) is 43.9. The van der Waals surface area contributed by atoms with Crippen LogP contribution in [0, 0.1) is 5.92 Å². The van der Waals surface area contributed by atoms with Gasteiger partial charge < -0.3 is 20.3 Å². The second-order valence-corrected chi connectivity index (χ2v) is 17.6. The molecule has 0 aromatic heterocycles. The van der Waals surface area contributed by atoms with Gasteiger partial charge in [0, 0.05) is 56.9 Å². The van der Waals surface area contributed by atoms with Crippen molar-refractivity contribution >= 4 is 59.4 Å². The normalized spacial score (nSPS) is 28.5. The van der Waals surface area contributed by atoms with E-state index in [9.17, 15) is 27.6 Å². The number of rotatable bonds is 12. The highest BCUT2D eigenvalue weighted by atomic mass is 32.2. The van der Waals surface area contributed by atoms with Crippen molar-refractivity contribution in [1.82, 2.24) is 20.4 Å². The molecular weight excluding hydrogens is 754 g/mol. The molecule has 286 valence electrons. The Bertz CT molecular complexity index is 1930. The van der Waals surface area contributed by atoms with Crippen LogP contribution in [0.4, 0.5) is 13.2 Å². The summed E-state index contributed by atoms with van der Waals surface area (Å²) in [5, 5.41) is 6.21. The molecule has 7 rings (SSSR count). The minimum atomic E-state index is -4.56. The number of carbonyl (C=O) groups excluding carboxylic acids is 3. The van der Waals surface area contributed by atoms with Crippen LogP contribution in [-0.2, 0) is 14.3 Å². The molecule has 3 amide bonds. The van der Waals surface area contributed by atoms with Crippen molar-refractivity contribution in [2.45, 2.75) is 51.9 Å². The third-order valence-electron chi connectivity index (χ3n) is 11.3. The molecule has 1 saturated carbocycles. The molecule has 0 radical (unpaired) electrons. The van der Waals surface area contributed by atoms with Crippen LogP contribution in [0.2, 0.25) is 0 Å². The van der Waals surface area contributed by atoms with Gasteiger partial charge in [0.2, 0.25) is 11.8 Å². The summed E-state index contributed by atoms with van der Waals surface area (Å²) in [7, 11) is 1.51. The van der Waals surface area contributed by atoms with Gasteiger partial charge in [0.25, 0.3) is 5.91 Å². The van der Waals surface area contributed by atoms with Crippen molar-refractivity contribution in [2.24, 2.45) is 5.92 Å². The fraction of sp³-hybridized carbons (Fsp3) is 0.425. The molecule has 2 saturated heterocycles. The number of halogens is 3. The highest BCUT2D eigenvalue weighted by Crippen LogP contribution is 2.58. The zero-order valence-corrected chi connectivity index (χ0v) is 32.7. The minimum Gasteiger partial charge on any atom is -0.366 e. The van der Waals surface area contributed by atoms with E-state index in [0.717, 1.165) is 22.4 Å². The molecule has 14 heteroatoms. The van der Waals surface area contributed by atoms with Gasteiger partial charge in [-0.3, -0.25) is 19.3 Å². The predicted molar refractivity (Wildman–Crippen MR) is 210 cm³/mol. The van der Waals surface area contributed by atoms with Gasteiger partial charge in [0.15, 0.2) is 0 Å². The molecule has 2 heterocycles. The fourth-order valence-electron chi connectivity index (χ4n) is 7.97. The number of allylic oxidation sites excluding steroid dienone is 2. The first-order valence-electron chi connectivity index (χ1n) is 17.8. The summed E-state index contributed by atoms with van der Waals surface area (Å²) in [5.74, 6) is -2.32. The van der Waals surface area contributed by atoms with Crippen LogP contribution in [0.3, 0.4) is 0 Å². The second kappa shape index (κ2) is 14.9. The van der Waals surface area contributed by atoms with Crippen LogP contribution in [-0.4, -0.2) is 94.0 Å². The molecule has 3 aromatic carbocycles. The Balaban J connectivity index is 1.12. The molecule has 8 nitrogen and oxygen atoms in total. The number of alkyl halides is 3. The average Bonchev–Trinajstić information content (AvgIpc) is 4.02. The van der Waals surface area contributed by atoms with Crippen molar-refractivity contribution in [2.75, 3.05) is 45.8 Å². The summed E-state index contributed by atoms with van der Waals surface area (Å²) >= 11 is 7.85. The summed E-state index contributed by atoms with van der Waals surface area (Å²) in [6, 6.07) is 23.2. The number of benzene rings is 3. The number of nitrogens with zero attached hydrogens (tertiary/aromatic N) is 2. The van der Waals surface area contributed by atoms with Crippen molar-refractivity contribution < 1.29 is 32.3 Å². The smallest absolute Gasteiger partial charge is 0.366 e. The first-order chi connectivity index (χ1) is 25.8. The minimum absolute atomic E-state index is 0.0142. The van der Waals surface area contributed by atoms with Crippen molar-refractivity contribution in [3.05, 3.63) is 113 Å². The summed E-state index contributed by atoms with van der Waals surface area (Å²) in [6.07, 6.45) is 0.943. The lowest BCUT2D eigenvalue weighted by molar-refractivity contribution is -0.185. The summed E-state index contributed by atoms with van der Waals surface area (Å²) in [6.45, 7) is 0.0415. The number of ether oxygens (including phenoxy) is 1. The second-order valence-electron chi connectivity index (χ2n) is 14.5. The third kappa shape index (κ3) is 7.44. The molecule has 6 atom stereocenters. The molecular formula is C40H43F3N4O4S3. The molecule has 0 bridgehead atoms. The van der Waals surface area contributed by atoms with Crippen LogP contribution in [0.15, 0.2) is 90.6 Å². The largest absolute Gasteiger partial charge is 0.408 e. The number of nitrogens with one attached hydrogen (secondary N) is 2. The van der Waals surface area contributed by atoms with E-state index >= 15 is 0 Å². The zero-order valence-electron chi connectivity index (χ0n) is 30.2. The van der Waals surface area contributed by atoms with E-state index < -0.39 is 50.4 Å². The van der Waals surface area contributed by atoms with Gasteiger partial charge in [-0.1, -0.05) is 72.8 Å². The van der Waals surface area contributed by atoms with Gasteiger partial charge in [-0.05, 0) is 59.7 Å². The lowest BCUT2D eigenvalue weighted by Crippen LogP contribution is -2.55. The van der Waals surface area contributed by atoms with E-state index in [1.54, 1.807) is 0 Å². The Kier molecular flexibility index (Phi) is 10.7. The number of methoxy groups -OCH3 is 1. The van der Waals surface area contributed by atoms with Gasteiger partial charge in [-0.15, -0.1) is 23.5 Å². The van der Waals surface area contributed by atoms with Crippen molar-refractivity contribution in [1.29, 1.82) is 0 Å². The van der Waals surface area contributed by atoms with E-state index in [0.29, 0.717) is 19.3 Å². The maximum absolute atomic E-state index is 14.5. The monoisotopic (exact) mass is 796 g/mol. The molecule has 54 heavy (non-hydrogen) atoms. The quantitative estimate of drug-likeness (QED) is 0.138. The number of carbonyl (C=O) groups is 3. The van der Waals surface area contributed by atoms with Gasteiger partial charge in [-0.25, -0.2) is 0 Å². The summed E-state index contributed by atoms with van der Waals surface area (Å²) < 4.78 is 47.6. The third-order valence-corrected chi connectivity index (χ3v) is 14.5. The maximum Gasteiger partial charge on any atom is 0.408 e. The van der Waals surface area contributed by atoms with Gasteiger partial charge in [-0.2, -0.15) is 25.8 Å². The first-order valence-corrected chi connectivity index (χ1v) is 20.7. The van der Waals surface area contributed by atoms with E-state index in [1.807, 2.05) is 73.2 Å². The first kappa shape index (κ1) is 38.8. The Hall–Kier alpha value is -3.43. The lowest BCUT2D eigenvalue weighted by Gasteiger charge is -2.32. The number of amides is 3. The standard InChI is InChI=1S/C40H43F3N4O4S3/c1-51-37(53-2)18-19-46(23-37)33(40(41,42)43)27-14-16-28(17-15-27)35(49)47-22-31(34(48)44-32-20-29(32)25-10-6-4-7-11-25)38(52,24-47)36(50)45-39(54-3)21-30(39)26-12-8-5-9-13-26/h4-17,30-31,33,52H,18-24H2,1-3H3,(H,44,48)(H,45,50)/t30-,31+,33-,37+,38+,39-/m1/s1. The highest BCUT2D eigenvalue weighted by molar-refractivity contribution is 8.00. The molecule has 2 N–H and O–H groups in total. The maximum atomic E-state index is 14.5. The van der Waals surface area contributed by atoms with Gasteiger partial charge in [0.1, 0.15) is 15.7 Å². The Morgan fingerprint density at radius 1 is 0.944 bits per heavy atom. The Morgan fingerprint density at radius 2 is 1.61 bits per heavy atom. The Morgan fingerprint density at radius 3 is 2.20 bits per heavy atom. The predicted octanol–water partition coefficient (Wildman–Crippen LogP) is 6.74.